The van der Waals surface area contributed by atoms with Crippen LogP contribution in [-0.4, -0.2) is 51.4 Å². The molecule has 33 heavy (non-hydrogen) atoms. The predicted molar refractivity (Wildman–Crippen MR) is 123 cm³/mol. The molecule has 8 nitrogen and oxygen atoms in total. The maximum atomic E-state index is 13.2. The molecule has 0 radical (unpaired) electrons. The highest BCUT2D eigenvalue weighted by Crippen LogP contribution is 2.35. The SMILES string of the molecule is CC(=O)Nc1cccc(NC(=O)CN2C(=O)N(Cc3ccc(F)cc3)C(=O)C3SC=CC32)c1. The average molecular weight is 469 g/mol. The highest BCUT2D eigenvalue weighted by Gasteiger charge is 2.47. The van der Waals surface area contributed by atoms with Crippen molar-refractivity contribution in [1.29, 1.82) is 0 Å². The third-order valence-corrected chi connectivity index (χ3v) is 6.28. The predicted octanol–water partition coefficient (Wildman–Crippen LogP) is 3.18. The topological polar surface area (TPSA) is 98.8 Å². The zero-order valence-electron chi connectivity index (χ0n) is 17.7. The number of nitrogens with one attached hydrogen (secondary N) is 2. The van der Waals surface area contributed by atoms with Gasteiger partial charge < -0.3 is 15.5 Å². The van der Waals surface area contributed by atoms with Gasteiger partial charge in [0.15, 0.2) is 0 Å². The molecule has 2 atom stereocenters. The quantitative estimate of drug-likeness (QED) is 0.679. The lowest BCUT2D eigenvalue weighted by atomic mass is 10.1. The molecule has 2 heterocycles. The smallest absolute Gasteiger partial charge is 0.326 e. The number of thioether (sulfide) groups is 1. The number of carbonyl (C=O) groups is 4. The summed E-state index contributed by atoms with van der Waals surface area (Å²) in [5.41, 5.74) is 1.59. The van der Waals surface area contributed by atoms with E-state index in [1.54, 1.807) is 35.7 Å². The number of carbonyl (C=O) groups excluding carboxylic acids is 4. The van der Waals surface area contributed by atoms with Gasteiger partial charge in [-0.2, -0.15) is 0 Å². The van der Waals surface area contributed by atoms with Crippen LogP contribution < -0.4 is 10.6 Å². The molecule has 0 spiro atoms. The van der Waals surface area contributed by atoms with Gasteiger partial charge in [0, 0.05) is 18.3 Å². The molecule has 1 fully saturated rings. The summed E-state index contributed by atoms with van der Waals surface area (Å²) in [6.07, 6.45) is 1.74. The lowest BCUT2D eigenvalue weighted by molar-refractivity contribution is -0.133. The average Bonchev–Trinajstić information content (AvgIpc) is 3.25. The highest BCUT2D eigenvalue weighted by atomic mass is 32.2. The van der Waals surface area contributed by atoms with E-state index < -0.39 is 29.0 Å². The van der Waals surface area contributed by atoms with E-state index >= 15 is 0 Å². The van der Waals surface area contributed by atoms with Crippen LogP contribution in [0.1, 0.15) is 12.5 Å². The number of nitrogens with zero attached hydrogens (tertiary/aromatic N) is 2. The molecule has 5 amide bonds. The first kappa shape index (κ1) is 22.5. The Balaban J connectivity index is 1.49. The van der Waals surface area contributed by atoms with Gasteiger partial charge >= 0.3 is 6.03 Å². The molecule has 0 saturated carbocycles. The van der Waals surface area contributed by atoms with Gasteiger partial charge in [-0.25, -0.2) is 9.18 Å². The van der Waals surface area contributed by atoms with Crippen molar-refractivity contribution in [2.24, 2.45) is 0 Å². The van der Waals surface area contributed by atoms with Crippen LogP contribution in [0.3, 0.4) is 0 Å². The maximum Gasteiger partial charge on any atom is 0.328 e. The number of benzene rings is 2. The van der Waals surface area contributed by atoms with Gasteiger partial charge in [-0.1, -0.05) is 24.3 Å². The van der Waals surface area contributed by atoms with Crippen molar-refractivity contribution >= 4 is 46.9 Å². The Morgan fingerprint density at radius 2 is 1.76 bits per heavy atom. The molecule has 170 valence electrons. The van der Waals surface area contributed by atoms with Crippen molar-refractivity contribution in [2.75, 3.05) is 17.2 Å². The highest BCUT2D eigenvalue weighted by molar-refractivity contribution is 8.03. The zero-order chi connectivity index (χ0) is 23.5. The molecular formula is C23H21FN4O4S. The fourth-order valence-corrected chi connectivity index (χ4v) is 4.78. The van der Waals surface area contributed by atoms with Gasteiger partial charge in [0.25, 0.3) is 0 Å². The largest absolute Gasteiger partial charge is 0.328 e. The van der Waals surface area contributed by atoms with E-state index in [9.17, 15) is 23.6 Å². The molecule has 0 aromatic heterocycles. The minimum atomic E-state index is -0.583. The van der Waals surface area contributed by atoms with Crippen molar-refractivity contribution in [3.05, 3.63) is 71.4 Å². The third kappa shape index (κ3) is 5.06. The molecule has 2 N–H and O–H groups in total. The standard InChI is InChI=1S/C23H21FN4O4S/c1-14(29)25-17-3-2-4-18(11-17)26-20(30)13-27-19-9-10-33-21(19)22(31)28(23(27)32)12-15-5-7-16(24)8-6-15/h2-11,19,21H,12-13H2,1H3,(H,25,29)(H,26,30). The number of rotatable bonds is 6. The minimum absolute atomic E-state index is 0.0153. The van der Waals surface area contributed by atoms with Gasteiger partial charge in [-0.3, -0.25) is 19.3 Å². The number of hydrogen-bond donors (Lipinski definition) is 2. The van der Waals surface area contributed by atoms with Crippen LogP contribution in [0.25, 0.3) is 0 Å². The first-order valence-corrected chi connectivity index (χ1v) is 11.1. The van der Waals surface area contributed by atoms with E-state index in [1.165, 1.54) is 47.9 Å². The molecular weight excluding hydrogens is 447 g/mol. The van der Waals surface area contributed by atoms with E-state index in [0.717, 1.165) is 4.90 Å². The summed E-state index contributed by atoms with van der Waals surface area (Å²) in [7, 11) is 0. The molecule has 0 bridgehead atoms. The fourth-order valence-electron chi connectivity index (χ4n) is 3.72. The Labute approximate surface area is 193 Å². The summed E-state index contributed by atoms with van der Waals surface area (Å²) in [4.78, 5) is 52.6. The van der Waals surface area contributed by atoms with Crippen molar-refractivity contribution in [2.45, 2.75) is 24.8 Å². The summed E-state index contributed by atoms with van der Waals surface area (Å²) in [5.74, 6) is -1.43. The second kappa shape index (κ2) is 9.45. The number of amides is 5. The van der Waals surface area contributed by atoms with Gasteiger partial charge in [-0.05, 0) is 41.3 Å². The summed E-state index contributed by atoms with van der Waals surface area (Å²) in [5, 5.41) is 6.58. The normalized spacial score (nSPS) is 19.5. The minimum Gasteiger partial charge on any atom is -0.326 e. The van der Waals surface area contributed by atoms with Crippen LogP contribution in [0.15, 0.2) is 60.0 Å². The molecule has 10 heteroatoms. The maximum absolute atomic E-state index is 13.2. The number of hydrogen-bond acceptors (Lipinski definition) is 5. The second-order valence-corrected chi connectivity index (χ2v) is 8.70. The molecule has 1 saturated heterocycles. The van der Waals surface area contributed by atoms with Crippen LogP contribution in [-0.2, 0) is 20.9 Å². The van der Waals surface area contributed by atoms with Crippen molar-refractivity contribution in [3.8, 4) is 0 Å². The second-order valence-electron chi connectivity index (χ2n) is 7.65. The van der Waals surface area contributed by atoms with Crippen LogP contribution in [0.4, 0.5) is 20.6 Å². The van der Waals surface area contributed by atoms with Crippen molar-refractivity contribution in [1.82, 2.24) is 9.80 Å². The van der Waals surface area contributed by atoms with Crippen molar-refractivity contribution < 1.29 is 23.6 Å². The third-order valence-electron chi connectivity index (χ3n) is 5.19. The van der Waals surface area contributed by atoms with Crippen LogP contribution in [0, 0.1) is 5.82 Å². The summed E-state index contributed by atoms with van der Waals surface area (Å²) in [6, 6.07) is 11.1. The van der Waals surface area contributed by atoms with Crippen LogP contribution >= 0.6 is 11.8 Å². The van der Waals surface area contributed by atoms with Gasteiger partial charge in [-0.15, -0.1) is 11.8 Å². The number of halogens is 1. The number of fused-ring (bicyclic) bond motifs is 1. The lowest BCUT2D eigenvalue weighted by Crippen LogP contribution is -2.62. The van der Waals surface area contributed by atoms with Crippen molar-refractivity contribution in [3.63, 3.8) is 0 Å². The summed E-state index contributed by atoms with van der Waals surface area (Å²) in [6.45, 7) is 1.11. The summed E-state index contributed by atoms with van der Waals surface area (Å²) < 4.78 is 13.2. The molecule has 2 aliphatic heterocycles. The Bertz CT molecular complexity index is 1140. The molecule has 4 rings (SSSR count). The van der Waals surface area contributed by atoms with Crippen LogP contribution in [0.5, 0.6) is 0 Å². The lowest BCUT2D eigenvalue weighted by Gasteiger charge is -2.40. The van der Waals surface area contributed by atoms with Gasteiger partial charge in [0.2, 0.25) is 17.7 Å². The first-order chi connectivity index (χ1) is 15.8. The molecule has 2 unspecified atom stereocenters. The Morgan fingerprint density at radius 3 is 2.45 bits per heavy atom. The number of urea groups is 1. The van der Waals surface area contributed by atoms with E-state index in [1.807, 2.05) is 0 Å². The molecule has 2 aliphatic rings. The van der Waals surface area contributed by atoms with Crippen LogP contribution in [0.2, 0.25) is 0 Å². The Morgan fingerprint density at radius 1 is 1.06 bits per heavy atom. The fraction of sp³-hybridized carbons (Fsp3) is 0.217. The molecule has 2 aromatic carbocycles. The number of anilines is 2. The first-order valence-electron chi connectivity index (χ1n) is 10.2. The van der Waals surface area contributed by atoms with E-state index in [2.05, 4.69) is 10.6 Å². The Kier molecular flexibility index (Phi) is 6.45. The van der Waals surface area contributed by atoms with E-state index in [4.69, 9.17) is 0 Å². The molecule has 2 aromatic rings. The van der Waals surface area contributed by atoms with E-state index in [0.29, 0.717) is 16.9 Å². The van der Waals surface area contributed by atoms with E-state index in [-0.39, 0.29) is 24.9 Å². The molecule has 0 aliphatic carbocycles. The van der Waals surface area contributed by atoms with Gasteiger partial charge in [0.05, 0.1) is 12.6 Å². The zero-order valence-corrected chi connectivity index (χ0v) is 18.5. The summed E-state index contributed by atoms with van der Waals surface area (Å²) >= 11 is 1.30. The van der Waals surface area contributed by atoms with Gasteiger partial charge in [0.1, 0.15) is 17.6 Å². The Hall–Kier alpha value is -3.66. The monoisotopic (exact) mass is 468 g/mol. The number of imide groups is 1.